The molecule has 0 fully saturated rings. The van der Waals surface area contributed by atoms with Gasteiger partial charge in [-0.2, -0.15) is 0 Å². The Bertz CT molecular complexity index is 410. The topological polar surface area (TPSA) is 58.4 Å². The lowest BCUT2D eigenvalue weighted by Crippen LogP contribution is -2.44. The number of likely N-dealkylation sites (N-methyl/N-ethyl adjacent to an activating group) is 1. The quantitative estimate of drug-likeness (QED) is 0.733. The van der Waals surface area contributed by atoms with Crippen LogP contribution in [0.3, 0.4) is 0 Å². The summed E-state index contributed by atoms with van der Waals surface area (Å²) in [6, 6.07) is 10.1. The molecule has 1 amide bonds. The SMILES string of the molecule is CCCC(N)C(=O)NCC(c1ccccc1)N(CC)CC.Cl. The van der Waals surface area contributed by atoms with Crippen LogP contribution in [0.15, 0.2) is 30.3 Å². The van der Waals surface area contributed by atoms with E-state index in [2.05, 4.69) is 36.2 Å². The Morgan fingerprint density at radius 3 is 2.27 bits per heavy atom. The molecule has 0 aliphatic rings. The van der Waals surface area contributed by atoms with Crippen molar-refractivity contribution in [3.8, 4) is 0 Å². The summed E-state index contributed by atoms with van der Waals surface area (Å²) in [7, 11) is 0. The summed E-state index contributed by atoms with van der Waals surface area (Å²) in [5.41, 5.74) is 7.10. The zero-order chi connectivity index (χ0) is 15.7. The van der Waals surface area contributed by atoms with Crippen LogP contribution in [0.25, 0.3) is 0 Å². The van der Waals surface area contributed by atoms with E-state index < -0.39 is 6.04 Å². The smallest absolute Gasteiger partial charge is 0.236 e. The summed E-state index contributed by atoms with van der Waals surface area (Å²) in [6.07, 6.45) is 1.65. The molecule has 1 aromatic carbocycles. The van der Waals surface area contributed by atoms with Crippen molar-refractivity contribution in [1.82, 2.24) is 10.2 Å². The van der Waals surface area contributed by atoms with Crippen molar-refractivity contribution in [2.24, 2.45) is 5.73 Å². The normalized spacial score (nSPS) is 13.3. The van der Waals surface area contributed by atoms with Gasteiger partial charge < -0.3 is 11.1 Å². The number of carbonyl (C=O) groups excluding carboxylic acids is 1. The summed E-state index contributed by atoms with van der Waals surface area (Å²) in [5.74, 6) is -0.0510. The highest BCUT2D eigenvalue weighted by Crippen LogP contribution is 2.19. The van der Waals surface area contributed by atoms with Gasteiger partial charge in [0.2, 0.25) is 5.91 Å². The van der Waals surface area contributed by atoms with E-state index in [1.54, 1.807) is 0 Å². The molecular formula is C17H30ClN3O. The van der Waals surface area contributed by atoms with Crippen molar-refractivity contribution in [2.45, 2.75) is 45.7 Å². The van der Waals surface area contributed by atoms with E-state index >= 15 is 0 Å². The van der Waals surface area contributed by atoms with E-state index in [0.717, 1.165) is 25.9 Å². The average molecular weight is 328 g/mol. The molecule has 0 aromatic heterocycles. The lowest BCUT2D eigenvalue weighted by Gasteiger charge is -2.30. The summed E-state index contributed by atoms with van der Waals surface area (Å²) >= 11 is 0. The van der Waals surface area contributed by atoms with Gasteiger partial charge in [-0.05, 0) is 25.1 Å². The highest BCUT2D eigenvalue weighted by atomic mass is 35.5. The maximum absolute atomic E-state index is 12.0. The van der Waals surface area contributed by atoms with Gasteiger partial charge in [0.15, 0.2) is 0 Å². The summed E-state index contributed by atoms with van der Waals surface area (Å²) in [4.78, 5) is 14.4. The predicted molar refractivity (Wildman–Crippen MR) is 95.2 cm³/mol. The fourth-order valence-electron chi connectivity index (χ4n) is 2.57. The van der Waals surface area contributed by atoms with Crippen molar-refractivity contribution >= 4 is 18.3 Å². The van der Waals surface area contributed by atoms with Gasteiger partial charge >= 0.3 is 0 Å². The molecule has 22 heavy (non-hydrogen) atoms. The summed E-state index contributed by atoms with van der Waals surface area (Å²) in [5, 5.41) is 3.01. The molecule has 1 aromatic rings. The zero-order valence-corrected chi connectivity index (χ0v) is 14.7. The predicted octanol–water partition coefficient (Wildman–Crippen LogP) is 2.73. The molecule has 5 heteroatoms. The van der Waals surface area contributed by atoms with Crippen molar-refractivity contribution in [3.05, 3.63) is 35.9 Å². The standard InChI is InChI=1S/C17H29N3O.ClH/c1-4-10-15(18)17(21)19-13-16(20(5-2)6-3)14-11-8-7-9-12-14;/h7-9,11-12,15-16H,4-6,10,13,18H2,1-3H3,(H,19,21);1H. The van der Waals surface area contributed by atoms with Crippen LogP contribution in [0.5, 0.6) is 0 Å². The molecule has 0 spiro atoms. The molecule has 0 heterocycles. The summed E-state index contributed by atoms with van der Waals surface area (Å²) in [6.45, 7) is 8.83. The van der Waals surface area contributed by atoms with Crippen molar-refractivity contribution in [2.75, 3.05) is 19.6 Å². The highest BCUT2D eigenvalue weighted by molar-refractivity contribution is 5.85. The lowest BCUT2D eigenvalue weighted by molar-refractivity contribution is -0.122. The molecule has 0 saturated heterocycles. The third-order valence-corrected chi connectivity index (χ3v) is 3.84. The molecule has 3 N–H and O–H groups in total. The summed E-state index contributed by atoms with van der Waals surface area (Å²) < 4.78 is 0. The molecule has 0 aliphatic heterocycles. The Hall–Kier alpha value is -1.10. The Balaban J connectivity index is 0.00000441. The number of carbonyl (C=O) groups is 1. The van der Waals surface area contributed by atoms with E-state index in [1.807, 2.05) is 25.1 Å². The van der Waals surface area contributed by atoms with Gasteiger partial charge in [0.25, 0.3) is 0 Å². The second kappa shape index (κ2) is 11.5. The zero-order valence-electron chi connectivity index (χ0n) is 13.9. The van der Waals surface area contributed by atoms with Gasteiger partial charge in [0.05, 0.1) is 12.1 Å². The van der Waals surface area contributed by atoms with Crippen LogP contribution in [-0.4, -0.2) is 36.5 Å². The van der Waals surface area contributed by atoms with Crippen LogP contribution in [0.4, 0.5) is 0 Å². The molecular weight excluding hydrogens is 298 g/mol. The Labute approximate surface area is 140 Å². The molecule has 2 atom stereocenters. The number of hydrogen-bond donors (Lipinski definition) is 2. The van der Waals surface area contributed by atoms with Gasteiger partial charge in [-0.1, -0.05) is 57.5 Å². The largest absolute Gasteiger partial charge is 0.353 e. The number of hydrogen-bond acceptors (Lipinski definition) is 3. The van der Waals surface area contributed by atoms with Crippen LogP contribution in [0, 0.1) is 0 Å². The first-order chi connectivity index (χ1) is 10.1. The first-order valence-electron chi connectivity index (χ1n) is 7.96. The Morgan fingerprint density at radius 1 is 1.18 bits per heavy atom. The molecule has 0 saturated carbocycles. The van der Waals surface area contributed by atoms with Crippen LogP contribution in [0.2, 0.25) is 0 Å². The maximum atomic E-state index is 12.0. The molecule has 0 radical (unpaired) electrons. The molecule has 1 rings (SSSR count). The molecule has 4 nitrogen and oxygen atoms in total. The second-order valence-corrected chi connectivity index (χ2v) is 5.29. The van der Waals surface area contributed by atoms with Crippen LogP contribution < -0.4 is 11.1 Å². The van der Waals surface area contributed by atoms with Gasteiger partial charge in [0, 0.05) is 6.54 Å². The van der Waals surface area contributed by atoms with E-state index in [-0.39, 0.29) is 24.4 Å². The minimum absolute atomic E-state index is 0. The molecule has 0 bridgehead atoms. The molecule has 2 unspecified atom stereocenters. The highest BCUT2D eigenvalue weighted by Gasteiger charge is 2.20. The van der Waals surface area contributed by atoms with E-state index in [1.165, 1.54) is 5.56 Å². The van der Waals surface area contributed by atoms with Gasteiger partial charge in [-0.3, -0.25) is 9.69 Å². The van der Waals surface area contributed by atoms with E-state index in [4.69, 9.17) is 5.73 Å². The fraction of sp³-hybridized carbons (Fsp3) is 0.588. The van der Waals surface area contributed by atoms with Crippen LogP contribution >= 0.6 is 12.4 Å². The van der Waals surface area contributed by atoms with E-state index in [9.17, 15) is 4.79 Å². The number of nitrogens with two attached hydrogens (primary N) is 1. The number of rotatable bonds is 9. The second-order valence-electron chi connectivity index (χ2n) is 5.29. The van der Waals surface area contributed by atoms with Crippen LogP contribution in [0.1, 0.15) is 45.2 Å². The lowest BCUT2D eigenvalue weighted by atomic mass is 10.0. The fourth-order valence-corrected chi connectivity index (χ4v) is 2.57. The first kappa shape index (κ1) is 20.9. The van der Waals surface area contributed by atoms with Gasteiger partial charge in [-0.25, -0.2) is 0 Å². The van der Waals surface area contributed by atoms with E-state index in [0.29, 0.717) is 6.54 Å². The third kappa shape index (κ3) is 6.34. The first-order valence-corrected chi connectivity index (χ1v) is 7.96. The van der Waals surface area contributed by atoms with Gasteiger partial charge in [0.1, 0.15) is 0 Å². The number of nitrogens with zero attached hydrogens (tertiary/aromatic N) is 1. The monoisotopic (exact) mass is 327 g/mol. The Morgan fingerprint density at radius 2 is 1.77 bits per heavy atom. The van der Waals surface area contributed by atoms with Crippen LogP contribution in [-0.2, 0) is 4.79 Å². The minimum Gasteiger partial charge on any atom is -0.353 e. The van der Waals surface area contributed by atoms with Gasteiger partial charge in [-0.15, -0.1) is 12.4 Å². The number of halogens is 1. The van der Waals surface area contributed by atoms with Crippen molar-refractivity contribution in [1.29, 1.82) is 0 Å². The number of benzene rings is 1. The van der Waals surface area contributed by atoms with Crippen molar-refractivity contribution < 1.29 is 4.79 Å². The molecule has 0 aliphatic carbocycles. The van der Waals surface area contributed by atoms with Crippen molar-refractivity contribution in [3.63, 3.8) is 0 Å². The number of amides is 1. The average Bonchev–Trinajstić information content (AvgIpc) is 2.52. The third-order valence-electron chi connectivity index (χ3n) is 3.84. The number of nitrogens with one attached hydrogen (secondary N) is 1. The Kier molecular flexibility index (Phi) is 10.9. The maximum Gasteiger partial charge on any atom is 0.236 e. The molecule has 126 valence electrons. The minimum atomic E-state index is -0.400.